The van der Waals surface area contributed by atoms with Gasteiger partial charge in [0.15, 0.2) is 0 Å². The fourth-order valence-corrected chi connectivity index (χ4v) is 1.88. The van der Waals surface area contributed by atoms with Crippen LogP contribution in [0.2, 0.25) is 0 Å². The van der Waals surface area contributed by atoms with Gasteiger partial charge in [0.05, 0.1) is 7.11 Å². The number of pyridine rings is 1. The van der Waals surface area contributed by atoms with Crippen LogP contribution in [0.1, 0.15) is 17.5 Å². The predicted octanol–water partition coefficient (Wildman–Crippen LogP) is 2.83. The smallest absolute Gasteiger partial charge is 0.212 e. The van der Waals surface area contributed by atoms with Crippen LogP contribution >= 0.6 is 0 Å². The molecule has 0 N–H and O–H groups in total. The van der Waals surface area contributed by atoms with Gasteiger partial charge in [-0.15, -0.1) is 0 Å². The number of ether oxygens (including phenoxy) is 1. The Kier molecular flexibility index (Phi) is 4.67. The number of rotatable bonds is 6. The Hall–Kier alpha value is -2.16. The second-order valence-electron chi connectivity index (χ2n) is 4.41. The van der Waals surface area contributed by atoms with Crippen LogP contribution in [0.4, 0.5) is 0 Å². The number of methoxy groups -OCH3 is 1. The number of aromatic nitrogens is 1. The van der Waals surface area contributed by atoms with Gasteiger partial charge in [-0.25, -0.2) is 4.98 Å². The number of hydrogen-bond donors (Lipinski definition) is 0. The van der Waals surface area contributed by atoms with Crippen molar-refractivity contribution in [2.45, 2.75) is 19.3 Å². The highest BCUT2D eigenvalue weighted by Gasteiger charge is 2.05. The minimum absolute atomic E-state index is 0.232. The van der Waals surface area contributed by atoms with Crippen molar-refractivity contribution < 1.29 is 9.53 Å². The van der Waals surface area contributed by atoms with Crippen LogP contribution in [0.15, 0.2) is 48.7 Å². The molecule has 2 rings (SSSR count). The van der Waals surface area contributed by atoms with E-state index < -0.39 is 0 Å². The number of aryl methyl sites for hydroxylation is 1. The van der Waals surface area contributed by atoms with Gasteiger partial charge in [0.1, 0.15) is 5.78 Å². The third kappa shape index (κ3) is 4.21. The van der Waals surface area contributed by atoms with Crippen LogP contribution in [0.5, 0.6) is 5.88 Å². The van der Waals surface area contributed by atoms with Gasteiger partial charge in [-0.1, -0.05) is 36.4 Å². The summed E-state index contributed by atoms with van der Waals surface area (Å²) < 4.78 is 4.98. The molecule has 0 saturated heterocycles. The molecule has 3 nitrogen and oxygen atoms in total. The number of nitrogens with zero attached hydrogens (tertiary/aromatic N) is 1. The SMILES string of the molecule is COc1ccc(CC(=O)CCc2ccccc2)cn1. The molecule has 0 aliphatic carbocycles. The van der Waals surface area contributed by atoms with Gasteiger partial charge in [0.2, 0.25) is 5.88 Å². The number of carbonyl (C=O) groups excluding carboxylic acids is 1. The molecule has 0 atom stereocenters. The fraction of sp³-hybridized carbons (Fsp3) is 0.250. The van der Waals surface area contributed by atoms with Gasteiger partial charge in [0.25, 0.3) is 0 Å². The number of hydrogen-bond acceptors (Lipinski definition) is 3. The standard InChI is InChI=1S/C16H17NO2/c1-19-16-10-8-14(12-17-16)11-15(18)9-7-13-5-3-2-4-6-13/h2-6,8,10,12H,7,9,11H2,1H3. The minimum Gasteiger partial charge on any atom is -0.481 e. The van der Waals surface area contributed by atoms with Crippen molar-refractivity contribution in [3.05, 3.63) is 59.8 Å². The highest BCUT2D eigenvalue weighted by atomic mass is 16.5. The maximum Gasteiger partial charge on any atom is 0.212 e. The molecule has 0 amide bonds. The molecular formula is C16H17NO2. The van der Waals surface area contributed by atoms with E-state index in [1.54, 1.807) is 19.4 Å². The van der Waals surface area contributed by atoms with Crippen molar-refractivity contribution in [3.63, 3.8) is 0 Å². The zero-order valence-corrected chi connectivity index (χ0v) is 11.0. The molecule has 1 heterocycles. The number of Topliss-reactive ketones (excluding diaryl/α,β-unsaturated/α-hetero) is 1. The van der Waals surface area contributed by atoms with E-state index in [0.717, 1.165) is 12.0 Å². The van der Waals surface area contributed by atoms with Crippen molar-refractivity contribution in [2.24, 2.45) is 0 Å². The van der Waals surface area contributed by atoms with E-state index in [-0.39, 0.29) is 5.78 Å². The fourth-order valence-electron chi connectivity index (χ4n) is 1.88. The summed E-state index contributed by atoms with van der Waals surface area (Å²) in [5.41, 5.74) is 2.13. The van der Waals surface area contributed by atoms with E-state index >= 15 is 0 Å². The molecule has 1 aromatic carbocycles. The van der Waals surface area contributed by atoms with E-state index in [2.05, 4.69) is 4.98 Å². The molecule has 2 aromatic rings. The van der Waals surface area contributed by atoms with Crippen LogP contribution in [0, 0.1) is 0 Å². The summed E-state index contributed by atoms with van der Waals surface area (Å²) in [5, 5.41) is 0. The average molecular weight is 255 g/mol. The van der Waals surface area contributed by atoms with Crippen molar-refractivity contribution in [2.75, 3.05) is 7.11 Å². The molecule has 98 valence electrons. The first kappa shape index (κ1) is 13.3. The Bertz CT molecular complexity index is 520. The Morgan fingerprint density at radius 3 is 2.53 bits per heavy atom. The average Bonchev–Trinajstić information content (AvgIpc) is 2.47. The summed E-state index contributed by atoms with van der Waals surface area (Å²) in [5.74, 6) is 0.802. The summed E-state index contributed by atoms with van der Waals surface area (Å²) in [6.45, 7) is 0. The number of benzene rings is 1. The lowest BCUT2D eigenvalue weighted by Crippen LogP contribution is -2.04. The van der Waals surface area contributed by atoms with E-state index in [4.69, 9.17) is 4.74 Å². The van der Waals surface area contributed by atoms with Crippen molar-refractivity contribution in [1.82, 2.24) is 4.98 Å². The molecule has 0 aliphatic rings. The summed E-state index contributed by atoms with van der Waals surface area (Å²) in [6, 6.07) is 13.7. The van der Waals surface area contributed by atoms with E-state index in [1.165, 1.54) is 5.56 Å². The molecule has 19 heavy (non-hydrogen) atoms. The Morgan fingerprint density at radius 2 is 1.89 bits per heavy atom. The topological polar surface area (TPSA) is 39.2 Å². The highest BCUT2D eigenvalue weighted by Crippen LogP contribution is 2.09. The van der Waals surface area contributed by atoms with Crippen molar-refractivity contribution in [3.8, 4) is 5.88 Å². The second-order valence-corrected chi connectivity index (χ2v) is 4.41. The predicted molar refractivity (Wildman–Crippen MR) is 74.3 cm³/mol. The van der Waals surface area contributed by atoms with Crippen LogP contribution in [0.3, 0.4) is 0 Å². The van der Waals surface area contributed by atoms with Crippen molar-refractivity contribution in [1.29, 1.82) is 0 Å². The molecule has 0 radical (unpaired) electrons. The van der Waals surface area contributed by atoms with Gasteiger partial charge in [0, 0.05) is 25.1 Å². The Labute approximate surface area is 113 Å². The third-order valence-corrected chi connectivity index (χ3v) is 2.94. The van der Waals surface area contributed by atoms with Crippen molar-refractivity contribution >= 4 is 5.78 Å². The van der Waals surface area contributed by atoms with Crippen LogP contribution in [-0.2, 0) is 17.6 Å². The zero-order chi connectivity index (χ0) is 13.5. The molecule has 0 fully saturated rings. The minimum atomic E-state index is 0.232. The van der Waals surface area contributed by atoms with Crippen LogP contribution < -0.4 is 4.74 Å². The Balaban J connectivity index is 1.83. The second kappa shape index (κ2) is 6.69. The number of carbonyl (C=O) groups is 1. The van der Waals surface area contributed by atoms with E-state index in [1.807, 2.05) is 36.4 Å². The third-order valence-electron chi connectivity index (χ3n) is 2.94. The number of ketones is 1. The normalized spacial score (nSPS) is 10.2. The molecule has 0 bridgehead atoms. The first-order valence-corrected chi connectivity index (χ1v) is 6.32. The van der Waals surface area contributed by atoms with Crippen LogP contribution in [0.25, 0.3) is 0 Å². The molecule has 0 saturated carbocycles. The summed E-state index contributed by atoms with van der Waals surface area (Å²) in [7, 11) is 1.58. The lowest BCUT2D eigenvalue weighted by atomic mass is 10.0. The van der Waals surface area contributed by atoms with Gasteiger partial charge in [-0.3, -0.25) is 4.79 Å². The largest absolute Gasteiger partial charge is 0.481 e. The maximum atomic E-state index is 11.9. The first-order valence-electron chi connectivity index (χ1n) is 6.32. The van der Waals surface area contributed by atoms with Crippen LogP contribution in [-0.4, -0.2) is 17.9 Å². The lowest BCUT2D eigenvalue weighted by Gasteiger charge is -2.03. The van der Waals surface area contributed by atoms with Gasteiger partial charge < -0.3 is 4.74 Å². The monoisotopic (exact) mass is 255 g/mol. The lowest BCUT2D eigenvalue weighted by molar-refractivity contribution is -0.118. The zero-order valence-electron chi connectivity index (χ0n) is 11.0. The summed E-state index contributed by atoms with van der Waals surface area (Å²) in [6.07, 6.45) is 3.49. The molecule has 0 spiro atoms. The Morgan fingerprint density at radius 1 is 1.11 bits per heavy atom. The quantitative estimate of drug-likeness (QED) is 0.796. The maximum absolute atomic E-state index is 11.9. The molecule has 0 aliphatic heterocycles. The van der Waals surface area contributed by atoms with Gasteiger partial charge in [-0.05, 0) is 17.5 Å². The summed E-state index contributed by atoms with van der Waals surface area (Å²) in [4.78, 5) is 16.0. The first-order chi connectivity index (χ1) is 9.28. The molecular weight excluding hydrogens is 238 g/mol. The molecule has 1 aromatic heterocycles. The molecule has 0 unspecified atom stereocenters. The van der Waals surface area contributed by atoms with Gasteiger partial charge >= 0.3 is 0 Å². The van der Waals surface area contributed by atoms with E-state index in [9.17, 15) is 4.79 Å². The molecule has 3 heteroatoms. The summed E-state index contributed by atoms with van der Waals surface area (Å²) >= 11 is 0. The van der Waals surface area contributed by atoms with E-state index in [0.29, 0.717) is 18.7 Å². The van der Waals surface area contributed by atoms with Gasteiger partial charge in [-0.2, -0.15) is 0 Å². The highest BCUT2D eigenvalue weighted by molar-refractivity contribution is 5.81.